The van der Waals surface area contributed by atoms with Crippen molar-refractivity contribution in [2.24, 2.45) is 5.73 Å². The van der Waals surface area contributed by atoms with Crippen molar-refractivity contribution in [1.29, 1.82) is 0 Å². The molecule has 36 valence electrons. The van der Waals surface area contributed by atoms with Gasteiger partial charge in [0.1, 0.15) is 0 Å². The Labute approximate surface area is 49.6 Å². The van der Waals surface area contributed by atoms with E-state index >= 15 is 0 Å². The Morgan fingerprint density at radius 3 is 2.33 bits per heavy atom. The summed E-state index contributed by atoms with van der Waals surface area (Å²) in [5.41, 5.74) is 7.32. The Kier molecular flexibility index (Phi) is 3.40. The molecule has 0 aliphatic rings. The van der Waals surface area contributed by atoms with E-state index in [9.17, 15) is 0 Å². The average molecular weight is 170 g/mol. The Bertz CT molecular complexity index is 54.8. The fourth-order valence-electron chi connectivity index (χ4n) is 0.0466. The molecule has 0 spiro atoms. The van der Waals surface area contributed by atoms with E-state index in [1.54, 1.807) is 0 Å². The molecule has 6 heavy (non-hydrogen) atoms. The van der Waals surface area contributed by atoms with Crippen molar-refractivity contribution in [3.63, 3.8) is 0 Å². The van der Waals surface area contributed by atoms with Crippen LogP contribution in [0.1, 0.15) is 0 Å². The van der Waals surface area contributed by atoms with E-state index in [4.69, 9.17) is 5.73 Å². The van der Waals surface area contributed by atoms with Crippen LogP contribution in [0.3, 0.4) is 0 Å². The summed E-state index contributed by atoms with van der Waals surface area (Å²) in [6, 6.07) is 0. The molecule has 0 rings (SSSR count). The highest BCUT2D eigenvalue weighted by Gasteiger charge is 1.73. The molecule has 0 aromatic heterocycles. The molecule has 0 aliphatic carbocycles. The van der Waals surface area contributed by atoms with Crippen molar-refractivity contribution in [2.75, 3.05) is 0 Å². The van der Waals surface area contributed by atoms with E-state index in [0.717, 1.165) is 0 Å². The molecule has 0 radical (unpaired) electrons. The van der Waals surface area contributed by atoms with Crippen molar-refractivity contribution in [2.45, 2.75) is 0 Å². The standard InChI is InChI=1S/CH4BrN3S/c2-5-4-1(3)6/h5H,(H3,3,4,6). The third-order valence-electron chi connectivity index (χ3n) is 0.170. The van der Waals surface area contributed by atoms with Gasteiger partial charge in [0.15, 0.2) is 5.11 Å². The number of thiocarbonyl (C=S) groups is 1. The monoisotopic (exact) mass is 169 g/mol. The van der Waals surface area contributed by atoms with Gasteiger partial charge in [-0.05, 0) is 12.2 Å². The van der Waals surface area contributed by atoms with Gasteiger partial charge >= 0.3 is 0 Å². The van der Waals surface area contributed by atoms with Gasteiger partial charge in [-0.15, -0.1) is 0 Å². The van der Waals surface area contributed by atoms with Crippen molar-refractivity contribution >= 4 is 33.5 Å². The van der Waals surface area contributed by atoms with Gasteiger partial charge in [-0.25, -0.2) is 0 Å². The summed E-state index contributed by atoms with van der Waals surface area (Å²) in [6.45, 7) is 0. The van der Waals surface area contributed by atoms with Crippen LogP contribution in [0, 0.1) is 0 Å². The lowest BCUT2D eigenvalue weighted by Crippen LogP contribution is -2.34. The Balaban J connectivity index is 2.83. The minimum atomic E-state index is 0.215. The van der Waals surface area contributed by atoms with Gasteiger partial charge in [-0.1, -0.05) is 0 Å². The van der Waals surface area contributed by atoms with Gasteiger partial charge in [0.25, 0.3) is 0 Å². The second kappa shape index (κ2) is 3.32. The lowest BCUT2D eigenvalue weighted by molar-refractivity contribution is 0.951. The predicted octanol–water partition coefficient (Wildman–Crippen LogP) is -0.366. The van der Waals surface area contributed by atoms with Crippen LogP contribution in [-0.2, 0) is 0 Å². The van der Waals surface area contributed by atoms with E-state index in [2.05, 4.69) is 38.2 Å². The molecule has 0 bridgehead atoms. The molecule has 0 fully saturated rings. The summed E-state index contributed by atoms with van der Waals surface area (Å²) in [7, 11) is 0. The number of hydrogen-bond acceptors (Lipinski definition) is 2. The van der Waals surface area contributed by atoms with Crippen LogP contribution in [0.4, 0.5) is 0 Å². The summed E-state index contributed by atoms with van der Waals surface area (Å²) in [4.78, 5) is 0. The van der Waals surface area contributed by atoms with Crippen molar-refractivity contribution in [1.82, 2.24) is 9.88 Å². The third kappa shape index (κ3) is 4.13. The second-order valence-electron chi connectivity index (χ2n) is 0.584. The first-order valence-electron chi connectivity index (χ1n) is 1.18. The van der Waals surface area contributed by atoms with Gasteiger partial charge in [0.2, 0.25) is 0 Å². The molecule has 3 nitrogen and oxygen atoms in total. The van der Waals surface area contributed by atoms with Gasteiger partial charge in [0, 0.05) is 16.1 Å². The van der Waals surface area contributed by atoms with Crippen LogP contribution in [0.15, 0.2) is 0 Å². The number of halogens is 1. The number of rotatable bonds is 1. The van der Waals surface area contributed by atoms with E-state index in [1.165, 1.54) is 0 Å². The number of nitrogens with one attached hydrogen (secondary N) is 2. The quantitative estimate of drug-likeness (QED) is 0.285. The highest BCUT2D eigenvalue weighted by Crippen LogP contribution is 1.56. The van der Waals surface area contributed by atoms with E-state index in [-0.39, 0.29) is 5.11 Å². The smallest absolute Gasteiger partial charge is 0.178 e. The Morgan fingerprint density at radius 1 is 1.83 bits per heavy atom. The normalized spacial score (nSPS) is 7.50. The molecular weight excluding hydrogens is 166 g/mol. The largest absolute Gasteiger partial charge is 0.375 e. The maximum Gasteiger partial charge on any atom is 0.178 e. The molecule has 0 aromatic carbocycles. The van der Waals surface area contributed by atoms with Gasteiger partial charge in [-0.3, -0.25) is 5.43 Å². The maximum absolute atomic E-state index is 4.93. The zero-order chi connectivity index (χ0) is 4.99. The minimum Gasteiger partial charge on any atom is -0.375 e. The lowest BCUT2D eigenvalue weighted by Gasteiger charge is -1.93. The summed E-state index contributed by atoms with van der Waals surface area (Å²) >= 11 is 7.19. The second-order valence-corrected chi connectivity index (χ2v) is 1.42. The summed E-state index contributed by atoms with van der Waals surface area (Å²) in [5.74, 6) is 0. The zero-order valence-electron chi connectivity index (χ0n) is 2.86. The van der Waals surface area contributed by atoms with Crippen LogP contribution in [0.2, 0.25) is 0 Å². The van der Waals surface area contributed by atoms with Crippen LogP contribution in [-0.4, -0.2) is 5.11 Å². The first-order valence-corrected chi connectivity index (χ1v) is 2.38. The molecule has 0 saturated heterocycles. The first kappa shape index (κ1) is 6.13. The van der Waals surface area contributed by atoms with Gasteiger partial charge in [0.05, 0.1) is 0 Å². The molecule has 0 amide bonds. The highest BCUT2D eigenvalue weighted by atomic mass is 79.9. The molecular formula is CH4BrN3S. The maximum atomic E-state index is 4.93. The average Bonchev–Trinajstić information content (AvgIpc) is 1.35. The van der Waals surface area contributed by atoms with Crippen LogP contribution in [0.5, 0.6) is 0 Å². The Hall–Kier alpha value is 0.130. The van der Waals surface area contributed by atoms with Crippen LogP contribution < -0.4 is 15.6 Å². The minimum absolute atomic E-state index is 0.215. The van der Waals surface area contributed by atoms with E-state index in [0.29, 0.717) is 0 Å². The van der Waals surface area contributed by atoms with Crippen LogP contribution in [0.25, 0.3) is 0 Å². The molecule has 0 atom stereocenters. The fraction of sp³-hybridized carbons (Fsp3) is 0. The summed E-state index contributed by atoms with van der Waals surface area (Å²) in [5, 5.41) is 0.215. The molecule has 0 saturated carbocycles. The molecule has 0 unspecified atom stereocenters. The number of hydrogen-bond donors (Lipinski definition) is 3. The van der Waals surface area contributed by atoms with Gasteiger partial charge in [-0.2, -0.15) is 4.45 Å². The third-order valence-corrected chi connectivity index (χ3v) is 0.471. The van der Waals surface area contributed by atoms with Crippen molar-refractivity contribution in [3.8, 4) is 0 Å². The Morgan fingerprint density at radius 2 is 2.33 bits per heavy atom. The lowest BCUT2D eigenvalue weighted by atomic mass is 11.2. The predicted molar refractivity (Wildman–Crippen MR) is 32.0 cm³/mol. The number of nitrogens with two attached hydrogens (primary N) is 1. The van der Waals surface area contributed by atoms with Gasteiger partial charge < -0.3 is 5.73 Å². The van der Waals surface area contributed by atoms with E-state index in [1.807, 2.05) is 0 Å². The molecule has 5 heteroatoms. The zero-order valence-corrected chi connectivity index (χ0v) is 5.27. The molecule has 0 aromatic rings. The van der Waals surface area contributed by atoms with Crippen LogP contribution >= 0.6 is 28.4 Å². The van der Waals surface area contributed by atoms with Crippen molar-refractivity contribution < 1.29 is 0 Å². The SMILES string of the molecule is NC(=S)NNBr. The molecule has 0 aliphatic heterocycles. The number of hydrazine groups is 1. The highest BCUT2D eigenvalue weighted by molar-refractivity contribution is 9.08. The molecule has 0 heterocycles. The summed E-state index contributed by atoms with van der Waals surface area (Å²) in [6.07, 6.45) is 0. The molecule has 4 N–H and O–H groups in total. The summed E-state index contributed by atoms with van der Waals surface area (Å²) < 4.78 is 2.36. The fourth-order valence-corrected chi connectivity index (χ4v) is 0.442. The topological polar surface area (TPSA) is 50.1 Å². The van der Waals surface area contributed by atoms with Crippen molar-refractivity contribution in [3.05, 3.63) is 0 Å². The van der Waals surface area contributed by atoms with E-state index < -0.39 is 0 Å². The first-order chi connectivity index (χ1) is 2.77.